The van der Waals surface area contributed by atoms with Gasteiger partial charge in [0.25, 0.3) is 0 Å². The SMILES string of the molecule is CCCNC(Cc1ccsc1)C1(OCC)CCOCC1. The molecule has 1 saturated heterocycles. The lowest BCUT2D eigenvalue weighted by Gasteiger charge is -2.43. The van der Waals surface area contributed by atoms with E-state index in [1.807, 2.05) is 0 Å². The predicted octanol–water partition coefficient (Wildman–Crippen LogP) is 3.24. The summed E-state index contributed by atoms with van der Waals surface area (Å²) < 4.78 is 11.8. The first kappa shape index (κ1) is 16.0. The lowest BCUT2D eigenvalue weighted by molar-refractivity contribution is -0.126. The second-order valence-electron chi connectivity index (χ2n) is 5.45. The third-order valence-corrected chi connectivity index (χ3v) is 4.80. The van der Waals surface area contributed by atoms with Gasteiger partial charge in [0.2, 0.25) is 0 Å². The second kappa shape index (κ2) is 8.13. The van der Waals surface area contributed by atoms with Gasteiger partial charge in [-0.1, -0.05) is 6.92 Å². The van der Waals surface area contributed by atoms with Gasteiger partial charge in [0.1, 0.15) is 0 Å². The first-order valence-corrected chi connectivity index (χ1v) is 8.71. The van der Waals surface area contributed by atoms with Crippen LogP contribution in [-0.2, 0) is 15.9 Å². The molecular weight excluding hydrogens is 270 g/mol. The molecule has 2 rings (SSSR count). The van der Waals surface area contributed by atoms with Crippen molar-refractivity contribution in [2.75, 3.05) is 26.4 Å². The van der Waals surface area contributed by atoms with Crippen molar-refractivity contribution in [3.8, 4) is 0 Å². The van der Waals surface area contributed by atoms with Crippen molar-refractivity contribution >= 4 is 11.3 Å². The van der Waals surface area contributed by atoms with Crippen LogP contribution in [0.15, 0.2) is 16.8 Å². The quantitative estimate of drug-likeness (QED) is 0.799. The van der Waals surface area contributed by atoms with Crippen molar-refractivity contribution < 1.29 is 9.47 Å². The molecule has 114 valence electrons. The van der Waals surface area contributed by atoms with Gasteiger partial charge in [0.15, 0.2) is 0 Å². The molecule has 0 amide bonds. The molecule has 1 aromatic heterocycles. The van der Waals surface area contributed by atoms with Crippen LogP contribution >= 0.6 is 11.3 Å². The molecule has 20 heavy (non-hydrogen) atoms. The minimum absolute atomic E-state index is 0.0654. The third-order valence-electron chi connectivity index (χ3n) is 4.07. The lowest BCUT2D eigenvalue weighted by atomic mass is 9.82. The zero-order valence-corrected chi connectivity index (χ0v) is 13.5. The van der Waals surface area contributed by atoms with Crippen LogP contribution < -0.4 is 5.32 Å². The van der Waals surface area contributed by atoms with Gasteiger partial charge >= 0.3 is 0 Å². The fraction of sp³-hybridized carbons (Fsp3) is 0.750. The third kappa shape index (κ3) is 4.04. The second-order valence-corrected chi connectivity index (χ2v) is 6.23. The van der Waals surface area contributed by atoms with Crippen LogP contribution in [0.3, 0.4) is 0 Å². The average Bonchev–Trinajstić information content (AvgIpc) is 2.97. The van der Waals surface area contributed by atoms with Crippen LogP contribution in [-0.4, -0.2) is 38.0 Å². The number of thiophene rings is 1. The molecule has 1 aliphatic rings. The molecule has 0 aliphatic carbocycles. The van der Waals surface area contributed by atoms with Crippen molar-refractivity contribution in [3.05, 3.63) is 22.4 Å². The molecule has 1 aromatic rings. The molecule has 2 heterocycles. The number of rotatable bonds is 8. The summed E-state index contributed by atoms with van der Waals surface area (Å²) in [7, 11) is 0. The number of nitrogens with one attached hydrogen (secondary N) is 1. The first-order valence-electron chi connectivity index (χ1n) is 7.77. The van der Waals surface area contributed by atoms with E-state index in [4.69, 9.17) is 9.47 Å². The highest BCUT2D eigenvalue weighted by molar-refractivity contribution is 7.07. The average molecular weight is 297 g/mol. The van der Waals surface area contributed by atoms with Gasteiger partial charge in [-0.05, 0) is 48.7 Å². The van der Waals surface area contributed by atoms with Crippen LogP contribution in [0.5, 0.6) is 0 Å². The predicted molar refractivity (Wildman–Crippen MR) is 84.5 cm³/mol. The Morgan fingerprint density at radius 1 is 1.40 bits per heavy atom. The number of ether oxygens (including phenoxy) is 2. The Kier molecular flexibility index (Phi) is 6.49. The highest BCUT2D eigenvalue weighted by atomic mass is 32.1. The van der Waals surface area contributed by atoms with Crippen LogP contribution in [0.25, 0.3) is 0 Å². The molecule has 1 atom stereocenters. The molecule has 0 radical (unpaired) electrons. The van der Waals surface area contributed by atoms with Gasteiger partial charge in [-0.2, -0.15) is 11.3 Å². The Bertz CT molecular complexity index is 355. The summed E-state index contributed by atoms with van der Waals surface area (Å²) in [6, 6.07) is 2.60. The lowest BCUT2D eigenvalue weighted by Crippen LogP contribution is -2.56. The van der Waals surface area contributed by atoms with E-state index in [0.717, 1.165) is 52.0 Å². The zero-order chi connectivity index (χ0) is 14.3. The van der Waals surface area contributed by atoms with Gasteiger partial charge in [-0.15, -0.1) is 0 Å². The normalized spacial score (nSPS) is 19.9. The van der Waals surface area contributed by atoms with Gasteiger partial charge in [0, 0.05) is 38.7 Å². The van der Waals surface area contributed by atoms with E-state index in [1.165, 1.54) is 5.56 Å². The molecule has 1 aliphatic heterocycles. The van der Waals surface area contributed by atoms with Crippen LogP contribution in [0, 0.1) is 0 Å². The van der Waals surface area contributed by atoms with Crippen molar-refractivity contribution in [2.45, 2.75) is 51.2 Å². The molecule has 4 heteroatoms. The maximum Gasteiger partial charge on any atom is 0.0881 e. The summed E-state index contributed by atoms with van der Waals surface area (Å²) in [5.41, 5.74) is 1.35. The van der Waals surface area contributed by atoms with E-state index in [1.54, 1.807) is 11.3 Å². The van der Waals surface area contributed by atoms with E-state index < -0.39 is 0 Å². The summed E-state index contributed by atoms with van der Waals surface area (Å²) >= 11 is 1.77. The van der Waals surface area contributed by atoms with Crippen LogP contribution in [0.2, 0.25) is 0 Å². The minimum Gasteiger partial charge on any atom is -0.381 e. The Balaban J connectivity index is 2.12. The molecule has 0 bridgehead atoms. The van der Waals surface area contributed by atoms with Gasteiger partial charge in [0.05, 0.1) is 5.60 Å². The maximum atomic E-state index is 6.24. The summed E-state index contributed by atoms with van der Waals surface area (Å²) in [4.78, 5) is 0. The molecule has 0 saturated carbocycles. The highest BCUT2D eigenvalue weighted by Gasteiger charge is 2.40. The van der Waals surface area contributed by atoms with Crippen molar-refractivity contribution in [1.29, 1.82) is 0 Å². The van der Waals surface area contributed by atoms with Crippen LogP contribution in [0.1, 0.15) is 38.7 Å². The topological polar surface area (TPSA) is 30.5 Å². The van der Waals surface area contributed by atoms with E-state index in [9.17, 15) is 0 Å². The molecule has 3 nitrogen and oxygen atoms in total. The standard InChI is InChI=1S/C16H27NO2S/c1-3-8-17-15(12-14-5-11-20-13-14)16(19-4-2)6-9-18-10-7-16/h5,11,13,15,17H,3-4,6-10,12H2,1-2H3. The maximum absolute atomic E-state index is 6.24. The van der Waals surface area contributed by atoms with Gasteiger partial charge < -0.3 is 14.8 Å². The van der Waals surface area contributed by atoms with E-state index in [0.29, 0.717) is 6.04 Å². The fourth-order valence-corrected chi connectivity index (χ4v) is 3.69. The van der Waals surface area contributed by atoms with Gasteiger partial charge in [-0.25, -0.2) is 0 Å². The molecule has 0 spiro atoms. The van der Waals surface area contributed by atoms with E-state index >= 15 is 0 Å². The molecule has 1 unspecified atom stereocenters. The Labute approximate surface area is 126 Å². The molecule has 1 N–H and O–H groups in total. The molecule has 0 aromatic carbocycles. The smallest absolute Gasteiger partial charge is 0.0881 e. The molecular formula is C16H27NO2S. The number of hydrogen-bond acceptors (Lipinski definition) is 4. The Morgan fingerprint density at radius 2 is 2.20 bits per heavy atom. The summed E-state index contributed by atoms with van der Waals surface area (Å²) in [5.74, 6) is 0. The minimum atomic E-state index is -0.0654. The van der Waals surface area contributed by atoms with E-state index in [-0.39, 0.29) is 5.60 Å². The number of hydrogen-bond donors (Lipinski definition) is 1. The molecule has 1 fully saturated rings. The zero-order valence-electron chi connectivity index (χ0n) is 12.7. The summed E-state index contributed by atoms with van der Waals surface area (Å²) in [5, 5.41) is 8.13. The highest BCUT2D eigenvalue weighted by Crippen LogP contribution is 2.31. The Hall–Kier alpha value is -0.420. The first-order chi connectivity index (χ1) is 9.80. The van der Waals surface area contributed by atoms with Crippen LogP contribution in [0.4, 0.5) is 0 Å². The summed E-state index contributed by atoms with van der Waals surface area (Å²) in [6.07, 6.45) is 4.18. The Morgan fingerprint density at radius 3 is 2.80 bits per heavy atom. The largest absolute Gasteiger partial charge is 0.381 e. The van der Waals surface area contributed by atoms with Crippen molar-refractivity contribution in [2.24, 2.45) is 0 Å². The van der Waals surface area contributed by atoms with Crippen molar-refractivity contribution in [1.82, 2.24) is 5.32 Å². The van der Waals surface area contributed by atoms with Crippen molar-refractivity contribution in [3.63, 3.8) is 0 Å². The van der Waals surface area contributed by atoms with Gasteiger partial charge in [-0.3, -0.25) is 0 Å². The fourth-order valence-electron chi connectivity index (χ4n) is 3.01. The monoisotopic (exact) mass is 297 g/mol. The van der Waals surface area contributed by atoms with E-state index in [2.05, 4.69) is 36.0 Å². The summed E-state index contributed by atoms with van der Waals surface area (Å²) in [6.45, 7) is 7.75.